The fraction of sp³-hybridized carbons (Fsp3) is 0.333. The second-order valence-corrected chi connectivity index (χ2v) is 5.66. The number of carboxylic acid groups (broad SMARTS) is 1. The molecule has 5 heteroatoms. The van der Waals surface area contributed by atoms with Gasteiger partial charge in [-0.25, -0.2) is 0 Å². The number of aromatic nitrogens is 1. The predicted molar refractivity (Wildman–Crippen MR) is 80.7 cm³/mol. The zero-order valence-corrected chi connectivity index (χ0v) is 15.5. The monoisotopic (exact) mass is 319 g/mol. The number of ketones is 1. The summed E-state index contributed by atoms with van der Waals surface area (Å²) in [6.45, 7) is 2.67. The molecule has 0 fully saturated rings. The maximum Gasteiger partial charge on any atom is 1.00 e. The summed E-state index contributed by atoms with van der Waals surface area (Å²) in [6, 6.07) is 11.0. The molecule has 0 saturated heterocycles. The molecule has 114 valence electrons. The van der Waals surface area contributed by atoms with E-state index in [1.165, 1.54) is 0 Å². The van der Waals surface area contributed by atoms with Crippen molar-refractivity contribution in [1.82, 2.24) is 4.57 Å². The molecular formula is C18H18NNaO3. The summed E-state index contributed by atoms with van der Waals surface area (Å²) in [7, 11) is 0. The Morgan fingerprint density at radius 1 is 1.26 bits per heavy atom. The van der Waals surface area contributed by atoms with Crippen molar-refractivity contribution in [3.05, 3.63) is 58.9 Å². The van der Waals surface area contributed by atoms with Gasteiger partial charge in [0.2, 0.25) is 5.78 Å². The van der Waals surface area contributed by atoms with E-state index in [1.807, 2.05) is 35.8 Å². The molecule has 0 amide bonds. The number of nitrogens with zero attached hydrogens (tertiary/aromatic N) is 1. The minimum Gasteiger partial charge on any atom is -0.549 e. The van der Waals surface area contributed by atoms with Crippen LogP contribution in [0.15, 0.2) is 36.4 Å². The van der Waals surface area contributed by atoms with Gasteiger partial charge in [0.1, 0.15) is 0 Å². The average molecular weight is 319 g/mol. The molecule has 1 unspecified atom stereocenters. The SMILES string of the molecule is CCc1cc2n(c1C(=O)c1ccccc1)CCCC2C(=O)[O-].[Na+]. The van der Waals surface area contributed by atoms with Gasteiger partial charge >= 0.3 is 29.6 Å². The second-order valence-electron chi connectivity index (χ2n) is 5.66. The van der Waals surface area contributed by atoms with Gasteiger partial charge in [0.15, 0.2) is 0 Å². The normalized spacial score (nSPS) is 16.3. The Kier molecular flexibility index (Phi) is 5.84. The molecule has 1 atom stereocenters. The van der Waals surface area contributed by atoms with Gasteiger partial charge in [0.25, 0.3) is 0 Å². The fourth-order valence-electron chi connectivity index (χ4n) is 3.26. The number of hydrogen-bond acceptors (Lipinski definition) is 3. The van der Waals surface area contributed by atoms with E-state index in [0.717, 1.165) is 12.0 Å². The molecule has 3 rings (SSSR count). The van der Waals surface area contributed by atoms with E-state index in [1.54, 1.807) is 12.1 Å². The molecule has 1 aliphatic heterocycles. The van der Waals surface area contributed by atoms with Crippen LogP contribution in [-0.2, 0) is 17.8 Å². The Morgan fingerprint density at radius 3 is 2.57 bits per heavy atom. The van der Waals surface area contributed by atoms with Crippen LogP contribution in [0, 0.1) is 0 Å². The molecule has 0 bridgehead atoms. The molecule has 0 N–H and O–H groups in total. The zero-order chi connectivity index (χ0) is 15.7. The van der Waals surface area contributed by atoms with Crippen LogP contribution in [-0.4, -0.2) is 16.3 Å². The molecule has 2 heterocycles. The number of rotatable bonds is 4. The van der Waals surface area contributed by atoms with Gasteiger partial charge in [-0.05, 0) is 30.9 Å². The number of fused-ring (bicyclic) bond motifs is 1. The number of carboxylic acids is 1. The van der Waals surface area contributed by atoms with Crippen molar-refractivity contribution in [3.8, 4) is 0 Å². The number of carbonyl (C=O) groups excluding carboxylic acids is 2. The molecule has 0 spiro atoms. The van der Waals surface area contributed by atoms with E-state index in [-0.39, 0.29) is 35.3 Å². The largest absolute Gasteiger partial charge is 1.00 e. The zero-order valence-electron chi connectivity index (χ0n) is 13.5. The molecule has 0 saturated carbocycles. The molecule has 0 radical (unpaired) electrons. The third kappa shape index (κ3) is 3.30. The van der Waals surface area contributed by atoms with Gasteiger partial charge in [0, 0.05) is 23.7 Å². The standard InChI is InChI=1S/C18H19NO3.Na/c1-2-12-11-15-14(18(21)22)9-6-10-19(15)16(12)17(20)13-7-4-3-5-8-13;/h3-5,7-8,11,14H,2,6,9-10H2,1H3,(H,21,22);/q;+1/p-1. The van der Waals surface area contributed by atoms with Crippen molar-refractivity contribution >= 4 is 11.8 Å². The topological polar surface area (TPSA) is 62.1 Å². The first-order valence-corrected chi connectivity index (χ1v) is 7.66. The first-order valence-electron chi connectivity index (χ1n) is 7.66. The summed E-state index contributed by atoms with van der Waals surface area (Å²) in [5, 5.41) is 11.4. The van der Waals surface area contributed by atoms with Gasteiger partial charge < -0.3 is 14.5 Å². The van der Waals surface area contributed by atoms with Crippen LogP contribution < -0.4 is 34.7 Å². The van der Waals surface area contributed by atoms with E-state index in [9.17, 15) is 14.7 Å². The summed E-state index contributed by atoms with van der Waals surface area (Å²) in [4.78, 5) is 24.2. The number of hydrogen-bond donors (Lipinski definition) is 0. The van der Waals surface area contributed by atoms with E-state index in [0.29, 0.717) is 36.3 Å². The van der Waals surface area contributed by atoms with Crippen LogP contribution in [0.25, 0.3) is 0 Å². The van der Waals surface area contributed by atoms with Crippen LogP contribution in [0.2, 0.25) is 0 Å². The van der Waals surface area contributed by atoms with Gasteiger partial charge in [-0.2, -0.15) is 0 Å². The van der Waals surface area contributed by atoms with Gasteiger partial charge in [-0.1, -0.05) is 37.3 Å². The Morgan fingerprint density at radius 2 is 1.96 bits per heavy atom. The van der Waals surface area contributed by atoms with Crippen molar-refractivity contribution < 1.29 is 44.3 Å². The predicted octanol–water partition coefficient (Wildman–Crippen LogP) is -1.09. The quantitative estimate of drug-likeness (QED) is 0.532. The molecule has 1 aromatic carbocycles. The van der Waals surface area contributed by atoms with Gasteiger partial charge in [-0.3, -0.25) is 4.79 Å². The number of aryl methyl sites for hydroxylation is 1. The van der Waals surface area contributed by atoms with E-state index >= 15 is 0 Å². The molecule has 23 heavy (non-hydrogen) atoms. The van der Waals surface area contributed by atoms with Crippen molar-refractivity contribution in [1.29, 1.82) is 0 Å². The molecule has 2 aromatic rings. The Bertz CT molecular complexity index is 721. The number of aliphatic carboxylic acids is 1. The van der Waals surface area contributed by atoms with E-state index < -0.39 is 11.9 Å². The van der Waals surface area contributed by atoms with E-state index in [4.69, 9.17) is 0 Å². The summed E-state index contributed by atoms with van der Waals surface area (Å²) >= 11 is 0. The van der Waals surface area contributed by atoms with Crippen molar-refractivity contribution in [2.45, 2.75) is 38.6 Å². The van der Waals surface area contributed by atoms with Crippen molar-refractivity contribution in [3.63, 3.8) is 0 Å². The van der Waals surface area contributed by atoms with Crippen LogP contribution in [0.3, 0.4) is 0 Å². The molecule has 4 nitrogen and oxygen atoms in total. The Labute approximate surface area is 157 Å². The number of carbonyl (C=O) groups is 2. The Hall–Kier alpha value is -1.36. The number of benzene rings is 1. The fourth-order valence-corrected chi connectivity index (χ4v) is 3.26. The molecule has 1 aliphatic rings. The van der Waals surface area contributed by atoms with Crippen LogP contribution >= 0.6 is 0 Å². The van der Waals surface area contributed by atoms with Gasteiger partial charge in [-0.15, -0.1) is 0 Å². The maximum atomic E-state index is 12.9. The third-order valence-electron chi connectivity index (χ3n) is 4.36. The van der Waals surface area contributed by atoms with Crippen LogP contribution in [0.1, 0.15) is 53.0 Å². The summed E-state index contributed by atoms with van der Waals surface area (Å²) < 4.78 is 1.89. The third-order valence-corrected chi connectivity index (χ3v) is 4.36. The first kappa shape index (κ1) is 18.0. The van der Waals surface area contributed by atoms with E-state index in [2.05, 4.69) is 0 Å². The molecular weight excluding hydrogens is 301 g/mol. The van der Waals surface area contributed by atoms with Crippen molar-refractivity contribution in [2.24, 2.45) is 0 Å². The Balaban J connectivity index is 0.00000192. The summed E-state index contributed by atoms with van der Waals surface area (Å²) in [6.07, 6.45) is 2.03. The second kappa shape index (κ2) is 7.47. The molecule has 0 aliphatic carbocycles. The summed E-state index contributed by atoms with van der Waals surface area (Å²) in [5.74, 6) is -1.71. The van der Waals surface area contributed by atoms with Crippen LogP contribution in [0.5, 0.6) is 0 Å². The van der Waals surface area contributed by atoms with Crippen molar-refractivity contribution in [2.75, 3.05) is 0 Å². The summed E-state index contributed by atoms with van der Waals surface area (Å²) in [5.41, 5.74) is 2.89. The minimum absolute atomic E-state index is 0. The van der Waals surface area contributed by atoms with Crippen LogP contribution in [0.4, 0.5) is 0 Å². The maximum absolute atomic E-state index is 12.9. The average Bonchev–Trinajstić information content (AvgIpc) is 2.93. The smallest absolute Gasteiger partial charge is 0.549 e. The van der Waals surface area contributed by atoms with Gasteiger partial charge in [0.05, 0.1) is 11.7 Å². The molecule has 1 aromatic heterocycles. The minimum atomic E-state index is -1.06. The first-order chi connectivity index (χ1) is 10.6.